The number of hydrogen-bond donors (Lipinski definition) is 2. The number of benzene rings is 1. The van der Waals surface area contributed by atoms with Crippen LogP contribution in [-0.2, 0) is 6.54 Å². The van der Waals surface area contributed by atoms with Gasteiger partial charge in [0.05, 0.1) is 6.33 Å². The van der Waals surface area contributed by atoms with Crippen LogP contribution in [0.4, 0.5) is 4.39 Å². The van der Waals surface area contributed by atoms with Crippen molar-refractivity contribution in [2.45, 2.75) is 19.5 Å². The molecule has 0 saturated heterocycles. The fourth-order valence-electron chi connectivity index (χ4n) is 1.58. The number of rotatable bonds is 4. The molecule has 2 N–H and O–H groups in total. The molecule has 2 aromatic rings. The van der Waals surface area contributed by atoms with E-state index in [2.05, 4.69) is 15.3 Å². The normalized spacial score (nSPS) is 12.6. The molecule has 0 saturated carbocycles. The zero-order valence-corrected chi connectivity index (χ0v) is 9.07. The Kier molecular flexibility index (Phi) is 3.31. The Morgan fingerprint density at radius 1 is 1.44 bits per heavy atom. The van der Waals surface area contributed by atoms with Crippen LogP contribution in [0.5, 0.6) is 0 Å². The van der Waals surface area contributed by atoms with Gasteiger partial charge in [-0.2, -0.15) is 0 Å². The van der Waals surface area contributed by atoms with Gasteiger partial charge in [0.1, 0.15) is 5.82 Å². The van der Waals surface area contributed by atoms with E-state index < -0.39 is 0 Å². The topological polar surface area (TPSA) is 40.7 Å². The van der Waals surface area contributed by atoms with E-state index in [4.69, 9.17) is 0 Å². The molecule has 0 unspecified atom stereocenters. The number of H-pyrrole nitrogens is 1. The summed E-state index contributed by atoms with van der Waals surface area (Å²) >= 11 is 0. The second-order valence-electron chi connectivity index (χ2n) is 3.70. The zero-order chi connectivity index (χ0) is 11.4. The molecule has 0 aliphatic carbocycles. The van der Waals surface area contributed by atoms with E-state index in [-0.39, 0.29) is 11.9 Å². The first-order chi connectivity index (χ1) is 7.77. The summed E-state index contributed by atoms with van der Waals surface area (Å²) in [7, 11) is 0. The van der Waals surface area contributed by atoms with E-state index in [9.17, 15) is 4.39 Å². The first-order valence-electron chi connectivity index (χ1n) is 5.22. The van der Waals surface area contributed by atoms with Gasteiger partial charge in [0.15, 0.2) is 0 Å². The molecule has 1 aromatic carbocycles. The Labute approximate surface area is 93.7 Å². The van der Waals surface area contributed by atoms with Crippen LogP contribution in [0.2, 0.25) is 0 Å². The summed E-state index contributed by atoms with van der Waals surface area (Å²) in [6.45, 7) is 2.59. The standard InChI is InChI=1S/C12H14FN3/c1-9(11-4-2-3-5-12(11)13)15-7-10-6-14-8-16-10/h2-6,8-9,15H,7H2,1H3,(H,14,16)/t9-/m1/s1. The minimum atomic E-state index is -0.174. The van der Waals surface area contributed by atoms with Gasteiger partial charge in [-0.1, -0.05) is 18.2 Å². The van der Waals surface area contributed by atoms with Crippen LogP contribution in [0.3, 0.4) is 0 Å². The quantitative estimate of drug-likeness (QED) is 0.829. The summed E-state index contributed by atoms with van der Waals surface area (Å²) in [5, 5.41) is 3.23. The highest BCUT2D eigenvalue weighted by atomic mass is 19.1. The summed E-state index contributed by atoms with van der Waals surface area (Å²) in [6, 6.07) is 6.78. The number of imidazole rings is 1. The minimum absolute atomic E-state index is 0.0236. The van der Waals surface area contributed by atoms with Crippen molar-refractivity contribution in [2.24, 2.45) is 0 Å². The Morgan fingerprint density at radius 3 is 2.94 bits per heavy atom. The molecule has 1 atom stereocenters. The molecule has 1 aromatic heterocycles. The number of hydrogen-bond acceptors (Lipinski definition) is 2. The molecule has 2 rings (SSSR count). The number of nitrogens with zero attached hydrogens (tertiary/aromatic N) is 1. The summed E-state index contributed by atoms with van der Waals surface area (Å²) in [6.07, 6.45) is 3.38. The number of nitrogens with one attached hydrogen (secondary N) is 2. The van der Waals surface area contributed by atoms with Gasteiger partial charge in [0, 0.05) is 30.0 Å². The lowest BCUT2D eigenvalue weighted by Gasteiger charge is -2.14. The molecular weight excluding hydrogens is 205 g/mol. The van der Waals surface area contributed by atoms with E-state index in [1.807, 2.05) is 13.0 Å². The summed E-state index contributed by atoms with van der Waals surface area (Å²) in [5.41, 5.74) is 1.67. The molecular formula is C12H14FN3. The van der Waals surface area contributed by atoms with E-state index in [0.29, 0.717) is 12.1 Å². The van der Waals surface area contributed by atoms with Crippen molar-refractivity contribution in [1.82, 2.24) is 15.3 Å². The third-order valence-corrected chi connectivity index (χ3v) is 2.53. The van der Waals surface area contributed by atoms with Crippen molar-refractivity contribution >= 4 is 0 Å². The Balaban J connectivity index is 1.98. The van der Waals surface area contributed by atoms with Gasteiger partial charge < -0.3 is 10.3 Å². The van der Waals surface area contributed by atoms with Gasteiger partial charge >= 0.3 is 0 Å². The summed E-state index contributed by atoms with van der Waals surface area (Å²) in [4.78, 5) is 6.91. The molecule has 16 heavy (non-hydrogen) atoms. The Hall–Kier alpha value is -1.68. The van der Waals surface area contributed by atoms with Crippen molar-refractivity contribution in [3.8, 4) is 0 Å². The van der Waals surface area contributed by atoms with E-state index in [0.717, 1.165) is 5.69 Å². The van der Waals surface area contributed by atoms with E-state index >= 15 is 0 Å². The highest BCUT2D eigenvalue weighted by Gasteiger charge is 2.09. The fourth-order valence-corrected chi connectivity index (χ4v) is 1.58. The van der Waals surface area contributed by atoms with Crippen LogP contribution in [0.15, 0.2) is 36.8 Å². The third-order valence-electron chi connectivity index (χ3n) is 2.53. The number of aromatic nitrogens is 2. The fraction of sp³-hybridized carbons (Fsp3) is 0.250. The van der Waals surface area contributed by atoms with E-state index in [1.54, 1.807) is 24.7 Å². The average molecular weight is 219 g/mol. The van der Waals surface area contributed by atoms with Crippen molar-refractivity contribution in [3.63, 3.8) is 0 Å². The molecule has 0 aliphatic rings. The maximum Gasteiger partial charge on any atom is 0.127 e. The smallest absolute Gasteiger partial charge is 0.127 e. The van der Waals surface area contributed by atoms with E-state index in [1.165, 1.54) is 6.07 Å². The second kappa shape index (κ2) is 4.90. The van der Waals surface area contributed by atoms with Crippen LogP contribution in [0.1, 0.15) is 24.2 Å². The van der Waals surface area contributed by atoms with Crippen molar-refractivity contribution in [3.05, 3.63) is 53.9 Å². The largest absolute Gasteiger partial charge is 0.347 e. The first-order valence-corrected chi connectivity index (χ1v) is 5.22. The van der Waals surface area contributed by atoms with Crippen LogP contribution < -0.4 is 5.32 Å². The minimum Gasteiger partial charge on any atom is -0.347 e. The van der Waals surface area contributed by atoms with Crippen LogP contribution >= 0.6 is 0 Å². The second-order valence-corrected chi connectivity index (χ2v) is 3.70. The molecule has 3 nitrogen and oxygen atoms in total. The SMILES string of the molecule is C[C@@H](NCc1cnc[nH]1)c1ccccc1F. The molecule has 0 fully saturated rings. The van der Waals surface area contributed by atoms with Crippen LogP contribution in [-0.4, -0.2) is 9.97 Å². The first kappa shape index (κ1) is 10.8. The average Bonchev–Trinajstić information content (AvgIpc) is 2.79. The van der Waals surface area contributed by atoms with Crippen LogP contribution in [0.25, 0.3) is 0 Å². The monoisotopic (exact) mass is 219 g/mol. The van der Waals surface area contributed by atoms with Crippen molar-refractivity contribution in [1.29, 1.82) is 0 Å². The molecule has 0 spiro atoms. The van der Waals surface area contributed by atoms with Gasteiger partial charge in [-0.3, -0.25) is 0 Å². The maximum atomic E-state index is 13.4. The lowest BCUT2D eigenvalue weighted by Crippen LogP contribution is -2.19. The lowest BCUT2D eigenvalue weighted by atomic mass is 10.1. The molecule has 1 heterocycles. The maximum absolute atomic E-state index is 13.4. The van der Waals surface area contributed by atoms with Gasteiger partial charge in [-0.15, -0.1) is 0 Å². The summed E-state index contributed by atoms with van der Waals surface area (Å²) < 4.78 is 13.4. The van der Waals surface area contributed by atoms with Crippen molar-refractivity contribution < 1.29 is 4.39 Å². The van der Waals surface area contributed by atoms with Crippen molar-refractivity contribution in [2.75, 3.05) is 0 Å². The Bertz CT molecular complexity index is 439. The highest BCUT2D eigenvalue weighted by Crippen LogP contribution is 2.16. The highest BCUT2D eigenvalue weighted by molar-refractivity contribution is 5.20. The van der Waals surface area contributed by atoms with Gasteiger partial charge in [-0.05, 0) is 13.0 Å². The Morgan fingerprint density at radius 2 is 2.25 bits per heavy atom. The van der Waals surface area contributed by atoms with Gasteiger partial charge in [0.25, 0.3) is 0 Å². The zero-order valence-electron chi connectivity index (χ0n) is 9.07. The predicted molar refractivity (Wildman–Crippen MR) is 60.2 cm³/mol. The predicted octanol–water partition coefficient (Wildman–Crippen LogP) is 2.40. The summed E-state index contributed by atoms with van der Waals surface area (Å²) in [5.74, 6) is -0.174. The van der Waals surface area contributed by atoms with Gasteiger partial charge in [0.2, 0.25) is 0 Å². The molecule has 0 radical (unpaired) electrons. The van der Waals surface area contributed by atoms with Crippen LogP contribution in [0, 0.1) is 5.82 Å². The molecule has 0 aliphatic heterocycles. The molecule has 0 bridgehead atoms. The number of halogens is 1. The lowest BCUT2D eigenvalue weighted by molar-refractivity contribution is 0.525. The van der Waals surface area contributed by atoms with Gasteiger partial charge in [-0.25, -0.2) is 9.37 Å². The third kappa shape index (κ3) is 2.46. The molecule has 84 valence electrons. The number of aromatic amines is 1. The molecule has 4 heteroatoms. The molecule has 0 amide bonds.